The van der Waals surface area contributed by atoms with Crippen molar-refractivity contribution in [2.45, 2.75) is 20.3 Å². The third kappa shape index (κ3) is 1.80. The number of hydrogen-bond acceptors (Lipinski definition) is 2. The summed E-state index contributed by atoms with van der Waals surface area (Å²) in [5.74, 6) is 0. The minimum Gasteiger partial charge on any atom is -0.397 e. The molecule has 0 atom stereocenters. The monoisotopic (exact) mass is 312 g/mol. The van der Waals surface area contributed by atoms with E-state index in [1.807, 2.05) is 13.0 Å². The molecule has 0 radical (unpaired) electrons. The van der Waals surface area contributed by atoms with E-state index in [2.05, 4.69) is 46.6 Å². The molecule has 15 heavy (non-hydrogen) atoms. The summed E-state index contributed by atoms with van der Waals surface area (Å²) >= 11 is 2.25. The van der Waals surface area contributed by atoms with E-state index in [9.17, 15) is 0 Å². The number of pyridine rings is 1. The molecule has 1 heterocycles. The van der Waals surface area contributed by atoms with Crippen molar-refractivity contribution in [1.82, 2.24) is 4.98 Å². The Balaban J connectivity index is 2.81. The molecule has 0 saturated heterocycles. The lowest BCUT2D eigenvalue weighted by Crippen LogP contribution is -1.98. The van der Waals surface area contributed by atoms with E-state index < -0.39 is 0 Å². The predicted molar refractivity (Wildman–Crippen MR) is 73.0 cm³/mol. The molecule has 1 aromatic heterocycles. The second kappa shape index (κ2) is 3.96. The number of nitrogens with zero attached hydrogens (tertiary/aromatic N) is 1. The summed E-state index contributed by atoms with van der Waals surface area (Å²) in [4.78, 5) is 4.52. The standard InChI is InChI=1S/C12H13IN2/c1-3-8-4-5-10-9(6-8)12(14)11(13)7(2)15-10/h4-6H,3H2,1-2H3,(H2,14,15). The minimum absolute atomic E-state index is 0.855. The Kier molecular flexibility index (Phi) is 2.82. The zero-order valence-electron chi connectivity index (χ0n) is 8.84. The van der Waals surface area contributed by atoms with Crippen LogP contribution in [0.3, 0.4) is 0 Å². The predicted octanol–water partition coefficient (Wildman–Crippen LogP) is 3.29. The fourth-order valence-corrected chi connectivity index (χ4v) is 2.07. The lowest BCUT2D eigenvalue weighted by molar-refractivity contribution is 1.14. The second-order valence-corrected chi connectivity index (χ2v) is 4.71. The van der Waals surface area contributed by atoms with Crippen molar-refractivity contribution < 1.29 is 0 Å². The number of hydrogen-bond donors (Lipinski definition) is 1. The van der Waals surface area contributed by atoms with Gasteiger partial charge in [0.05, 0.1) is 20.5 Å². The average Bonchev–Trinajstić information content (AvgIpc) is 2.26. The second-order valence-electron chi connectivity index (χ2n) is 3.63. The highest BCUT2D eigenvalue weighted by molar-refractivity contribution is 14.1. The SMILES string of the molecule is CCc1ccc2nc(C)c(I)c(N)c2c1. The quantitative estimate of drug-likeness (QED) is 0.821. The number of benzene rings is 1. The summed E-state index contributed by atoms with van der Waals surface area (Å²) in [7, 11) is 0. The number of rotatable bonds is 1. The van der Waals surface area contributed by atoms with Crippen molar-refractivity contribution in [3.05, 3.63) is 33.0 Å². The molecule has 0 saturated carbocycles. The lowest BCUT2D eigenvalue weighted by atomic mass is 10.1. The summed E-state index contributed by atoms with van der Waals surface area (Å²) in [5.41, 5.74) is 10.2. The van der Waals surface area contributed by atoms with Crippen molar-refractivity contribution in [2.24, 2.45) is 0 Å². The minimum atomic E-state index is 0.855. The van der Waals surface area contributed by atoms with Gasteiger partial charge in [-0.1, -0.05) is 13.0 Å². The highest BCUT2D eigenvalue weighted by Gasteiger charge is 2.07. The fourth-order valence-electron chi connectivity index (χ4n) is 1.66. The number of nitrogen functional groups attached to an aromatic ring is 1. The van der Waals surface area contributed by atoms with Gasteiger partial charge in [-0.2, -0.15) is 0 Å². The van der Waals surface area contributed by atoms with Crippen molar-refractivity contribution in [1.29, 1.82) is 0 Å². The maximum absolute atomic E-state index is 6.10. The summed E-state index contributed by atoms with van der Waals surface area (Å²) in [6.07, 6.45) is 1.03. The Labute approximate surface area is 103 Å². The van der Waals surface area contributed by atoms with Gasteiger partial charge in [-0.25, -0.2) is 0 Å². The number of halogens is 1. The molecule has 0 amide bonds. The molecule has 0 spiro atoms. The number of anilines is 1. The number of fused-ring (bicyclic) bond motifs is 1. The molecule has 1 aromatic carbocycles. The van der Waals surface area contributed by atoms with Gasteiger partial charge in [0.25, 0.3) is 0 Å². The summed E-state index contributed by atoms with van der Waals surface area (Å²) in [5, 5.41) is 1.07. The van der Waals surface area contributed by atoms with Crippen molar-refractivity contribution in [3.63, 3.8) is 0 Å². The normalized spacial score (nSPS) is 10.9. The van der Waals surface area contributed by atoms with Crippen LogP contribution in [-0.4, -0.2) is 4.98 Å². The first kappa shape index (κ1) is 10.7. The van der Waals surface area contributed by atoms with Gasteiger partial charge in [-0.3, -0.25) is 4.98 Å². The summed E-state index contributed by atoms with van der Waals surface area (Å²) < 4.78 is 1.06. The van der Waals surface area contributed by atoms with Crippen LogP contribution in [0.25, 0.3) is 10.9 Å². The Hall–Kier alpha value is -0.840. The van der Waals surface area contributed by atoms with Crippen LogP contribution in [0, 0.1) is 10.5 Å². The molecule has 0 aliphatic rings. The van der Waals surface area contributed by atoms with E-state index in [4.69, 9.17) is 5.73 Å². The highest BCUT2D eigenvalue weighted by Crippen LogP contribution is 2.27. The van der Waals surface area contributed by atoms with Gasteiger partial charge in [-0.15, -0.1) is 0 Å². The van der Waals surface area contributed by atoms with Gasteiger partial charge < -0.3 is 5.73 Å². The van der Waals surface area contributed by atoms with Gasteiger partial charge in [-0.05, 0) is 53.6 Å². The summed E-state index contributed by atoms with van der Waals surface area (Å²) in [6.45, 7) is 4.13. The van der Waals surface area contributed by atoms with Crippen LogP contribution >= 0.6 is 22.6 Å². The number of aryl methyl sites for hydroxylation is 2. The van der Waals surface area contributed by atoms with Gasteiger partial charge in [0.15, 0.2) is 0 Å². The van der Waals surface area contributed by atoms with Gasteiger partial charge >= 0.3 is 0 Å². The third-order valence-electron chi connectivity index (χ3n) is 2.60. The molecule has 2 rings (SSSR count). The molecule has 0 unspecified atom stereocenters. The topological polar surface area (TPSA) is 38.9 Å². The molecule has 0 aliphatic heterocycles. The fraction of sp³-hybridized carbons (Fsp3) is 0.250. The van der Waals surface area contributed by atoms with Crippen LogP contribution in [0.1, 0.15) is 18.2 Å². The maximum atomic E-state index is 6.10. The molecule has 2 N–H and O–H groups in total. The molecule has 0 aliphatic carbocycles. The molecule has 78 valence electrons. The van der Waals surface area contributed by atoms with Crippen LogP contribution in [0.15, 0.2) is 18.2 Å². The van der Waals surface area contributed by atoms with Crippen LogP contribution < -0.4 is 5.73 Å². The van der Waals surface area contributed by atoms with Crippen LogP contribution in [0.2, 0.25) is 0 Å². The first-order valence-corrected chi connectivity index (χ1v) is 6.05. The molecular weight excluding hydrogens is 299 g/mol. The molecule has 3 heteroatoms. The Morgan fingerprint density at radius 1 is 1.40 bits per heavy atom. The van der Waals surface area contributed by atoms with Crippen molar-refractivity contribution in [2.75, 3.05) is 5.73 Å². The average molecular weight is 312 g/mol. The molecule has 0 fully saturated rings. The van der Waals surface area contributed by atoms with E-state index in [1.165, 1.54) is 5.56 Å². The van der Waals surface area contributed by atoms with E-state index in [0.717, 1.165) is 32.3 Å². The van der Waals surface area contributed by atoms with E-state index >= 15 is 0 Å². The Morgan fingerprint density at radius 2 is 2.13 bits per heavy atom. The summed E-state index contributed by atoms with van der Waals surface area (Å²) in [6, 6.07) is 6.30. The lowest BCUT2D eigenvalue weighted by Gasteiger charge is -2.08. The highest BCUT2D eigenvalue weighted by atomic mass is 127. The molecule has 2 aromatic rings. The van der Waals surface area contributed by atoms with Crippen molar-refractivity contribution in [3.8, 4) is 0 Å². The molecule has 0 bridgehead atoms. The molecular formula is C12H13IN2. The van der Waals surface area contributed by atoms with Crippen LogP contribution in [-0.2, 0) is 6.42 Å². The van der Waals surface area contributed by atoms with Gasteiger partial charge in [0.2, 0.25) is 0 Å². The maximum Gasteiger partial charge on any atom is 0.0726 e. The van der Waals surface area contributed by atoms with Crippen LogP contribution in [0.4, 0.5) is 5.69 Å². The number of aromatic nitrogens is 1. The van der Waals surface area contributed by atoms with E-state index in [0.29, 0.717) is 0 Å². The Bertz CT molecular complexity index is 521. The smallest absolute Gasteiger partial charge is 0.0726 e. The first-order chi connectivity index (χ1) is 7.13. The van der Waals surface area contributed by atoms with Crippen molar-refractivity contribution >= 4 is 39.2 Å². The first-order valence-electron chi connectivity index (χ1n) is 4.97. The van der Waals surface area contributed by atoms with Gasteiger partial charge in [0.1, 0.15) is 0 Å². The van der Waals surface area contributed by atoms with E-state index in [1.54, 1.807) is 0 Å². The van der Waals surface area contributed by atoms with E-state index in [-0.39, 0.29) is 0 Å². The zero-order chi connectivity index (χ0) is 11.0. The molecule has 2 nitrogen and oxygen atoms in total. The van der Waals surface area contributed by atoms with Gasteiger partial charge in [0, 0.05) is 5.39 Å². The Morgan fingerprint density at radius 3 is 2.80 bits per heavy atom. The number of nitrogens with two attached hydrogens (primary N) is 1. The largest absolute Gasteiger partial charge is 0.397 e. The zero-order valence-corrected chi connectivity index (χ0v) is 11.0. The van der Waals surface area contributed by atoms with Crippen LogP contribution in [0.5, 0.6) is 0 Å². The third-order valence-corrected chi connectivity index (χ3v) is 3.96.